The highest BCUT2D eigenvalue weighted by Gasteiger charge is 2.14. The molecule has 0 bridgehead atoms. The number of likely N-dealkylation sites (N-methyl/N-ethyl adjacent to an activating group) is 1. The summed E-state index contributed by atoms with van der Waals surface area (Å²) in [4.78, 5) is 16.9. The van der Waals surface area contributed by atoms with E-state index in [0.717, 1.165) is 5.56 Å². The number of ether oxygens (including phenoxy) is 1. The summed E-state index contributed by atoms with van der Waals surface area (Å²) < 4.78 is 32.3. The lowest BCUT2D eigenvalue weighted by atomic mass is 10.3. The fraction of sp³-hybridized carbons (Fsp3) is 0.250. The van der Waals surface area contributed by atoms with E-state index < -0.39 is 10.0 Å². The number of amides is 1. The van der Waals surface area contributed by atoms with Crippen molar-refractivity contribution in [3.63, 3.8) is 0 Å². The van der Waals surface area contributed by atoms with E-state index in [-0.39, 0.29) is 24.0 Å². The van der Waals surface area contributed by atoms with Crippen LogP contribution >= 0.6 is 0 Å². The minimum absolute atomic E-state index is 0.0978. The molecular formula is C16H19N3O4S. The van der Waals surface area contributed by atoms with Gasteiger partial charge in [-0.1, -0.05) is 0 Å². The van der Waals surface area contributed by atoms with E-state index in [1.54, 1.807) is 38.6 Å². The van der Waals surface area contributed by atoms with Crippen molar-refractivity contribution < 1.29 is 17.9 Å². The minimum Gasteiger partial charge on any atom is -0.484 e. The zero-order chi connectivity index (χ0) is 17.6. The highest BCUT2D eigenvalue weighted by atomic mass is 32.2. The Hall–Kier alpha value is -2.45. The van der Waals surface area contributed by atoms with Crippen molar-refractivity contribution in [3.05, 3.63) is 54.4 Å². The highest BCUT2D eigenvalue weighted by molar-refractivity contribution is 7.89. The zero-order valence-corrected chi connectivity index (χ0v) is 14.3. The van der Waals surface area contributed by atoms with Crippen LogP contribution in [0, 0.1) is 0 Å². The molecule has 0 aliphatic heterocycles. The molecule has 1 heterocycles. The van der Waals surface area contributed by atoms with Gasteiger partial charge in [-0.25, -0.2) is 13.1 Å². The largest absolute Gasteiger partial charge is 0.484 e. The molecule has 0 spiro atoms. The van der Waals surface area contributed by atoms with E-state index in [2.05, 4.69) is 9.71 Å². The molecule has 0 aliphatic carbocycles. The molecule has 0 fully saturated rings. The van der Waals surface area contributed by atoms with Crippen molar-refractivity contribution in [1.82, 2.24) is 14.6 Å². The third-order valence-corrected chi connectivity index (χ3v) is 4.63. The topological polar surface area (TPSA) is 88.6 Å². The molecule has 8 heteroatoms. The second kappa shape index (κ2) is 7.89. The van der Waals surface area contributed by atoms with Crippen molar-refractivity contribution in [2.75, 3.05) is 20.7 Å². The number of rotatable bonds is 7. The second-order valence-corrected chi connectivity index (χ2v) is 7.00. The quantitative estimate of drug-likeness (QED) is 0.806. The summed E-state index contributed by atoms with van der Waals surface area (Å²) in [5.41, 5.74) is 0.815. The zero-order valence-electron chi connectivity index (χ0n) is 13.5. The lowest BCUT2D eigenvalue weighted by Crippen LogP contribution is -2.27. The van der Waals surface area contributed by atoms with Crippen LogP contribution in [-0.2, 0) is 21.4 Å². The van der Waals surface area contributed by atoms with Gasteiger partial charge in [0, 0.05) is 33.0 Å². The second-order valence-electron chi connectivity index (χ2n) is 5.23. The van der Waals surface area contributed by atoms with E-state index >= 15 is 0 Å². The van der Waals surface area contributed by atoms with Gasteiger partial charge in [-0.05, 0) is 42.0 Å². The number of benzene rings is 1. The van der Waals surface area contributed by atoms with Crippen molar-refractivity contribution in [2.24, 2.45) is 0 Å². The van der Waals surface area contributed by atoms with Crippen LogP contribution in [0.4, 0.5) is 0 Å². The number of carbonyl (C=O) groups excluding carboxylic acids is 1. The SMILES string of the molecule is CN(C)C(=O)COc1ccc(S(=O)(=O)NCc2ccncc2)cc1. The van der Waals surface area contributed by atoms with Gasteiger partial charge in [0.1, 0.15) is 5.75 Å². The third-order valence-electron chi connectivity index (χ3n) is 3.21. The van der Waals surface area contributed by atoms with Crippen molar-refractivity contribution in [1.29, 1.82) is 0 Å². The van der Waals surface area contributed by atoms with E-state index in [1.165, 1.54) is 29.2 Å². The van der Waals surface area contributed by atoms with Crippen molar-refractivity contribution >= 4 is 15.9 Å². The fourth-order valence-electron chi connectivity index (χ4n) is 1.75. The minimum atomic E-state index is -3.62. The maximum atomic E-state index is 12.2. The molecule has 1 amide bonds. The summed E-state index contributed by atoms with van der Waals surface area (Å²) in [6.45, 7) is 0.0832. The monoisotopic (exact) mass is 349 g/mol. The average Bonchev–Trinajstić information content (AvgIpc) is 2.59. The summed E-state index contributed by atoms with van der Waals surface area (Å²) in [5, 5.41) is 0. The van der Waals surface area contributed by atoms with Crippen LogP contribution in [0.25, 0.3) is 0 Å². The van der Waals surface area contributed by atoms with Crippen LogP contribution in [0.3, 0.4) is 0 Å². The summed E-state index contributed by atoms with van der Waals surface area (Å²) >= 11 is 0. The molecule has 0 atom stereocenters. The molecule has 128 valence electrons. The Labute approximate surface area is 141 Å². The Morgan fingerprint density at radius 3 is 2.33 bits per heavy atom. The van der Waals surface area contributed by atoms with Crippen LogP contribution in [0.15, 0.2) is 53.7 Å². The van der Waals surface area contributed by atoms with E-state index in [1.807, 2.05) is 0 Å². The van der Waals surface area contributed by atoms with E-state index in [4.69, 9.17) is 4.74 Å². The van der Waals surface area contributed by atoms with Gasteiger partial charge in [0.05, 0.1) is 4.90 Å². The number of hydrogen-bond acceptors (Lipinski definition) is 5. The molecule has 0 saturated heterocycles. The summed E-state index contributed by atoms with van der Waals surface area (Å²) in [7, 11) is -0.352. The molecule has 1 aromatic heterocycles. The van der Waals surface area contributed by atoms with Gasteiger partial charge in [0.15, 0.2) is 6.61 Å². The number of nitrogens with one attached hydrogen (secondary N) is 1. The Balaban J connectivity index is 1.97. The Kier molecular flexibility index (Phi) is 5.88. The lowest BCUT2D eigenvalue weighted by molar-refractivity contribution is -0.130. The molecule has 1 aromatic carbocycles. The molecule has 0 unspecified atom stereocenters. The standard InChI is InChI=1S/C16H19N3O4S/c1-19(2)16(20)12-23-14-3-5-15(6-4-14)24(21,22)18-11-13-7-9-17-10-8-13/h3-10,18H,11-12H2,1-2H3. The number of pyridine rings is 1. The normalized spacial score (nSPS) is 11.1. The number of nitrogens with zero attached hydrogens (tertiary/aromatic N) is 2. The summed E-state index contributed by atoms with van der Waals surface area (Å²) in [5.74, 6) is 0.254. The molecule has 1 N–H and O–H groups in total. The predicted molar refractivity (Wildman–Crippen MR) is 88.9 cm³/mol. The maximum Gasteiger partial charge on any atom is 0.259 e. The van der Waals surface area contributed by atoms with Crippen molar-refractivity contribution in [3.8, 4) is 5.75 Å². The van der Waals surface area contributed by atoms with Gasteiger partial charge < -0.3 is 9.64 Å². The molecule has 7 nitrogen and oxygen atoms in total. The Morgan fingerprint density at radius 1 is 1.12 bits per heavy atom. The van der Waals surface area contributed by atoms with Crippen LogP contribution in [-0.4, -0.2) is 44.9 Å². The number of sulfonamides is 1. The van der Waals surface area contributed by atoms with E-state index in [9.17, 15) is 13.2 Å². The first-order valence-corrected chi connectivity index (χ1v) is 8.68. The van der Waals surface area contributed by atoms with Crippen LogP contribution in [0.5, 0.6) is 5.75 Å². The highest BCUT2D eigenvalue weighted by Crippen LogP contribution is 2.16. The first-order valence-electron chi connectivity index (χ1n) is 7.20. The van der Waals surface area contributed by atoms with Gasteiger partial charge in [0.2, 0.25) is 10.0 Å². The summed E-state index contributed by atoms with van der Waals surface area (Å²) in [6.07, 6.45) is 3.20. The lowest BCUT2D eigenvalue weighted by Gasteiger charge is -2.12. The smallest absolute Gasteiger partial charge is 0.259 e. The molecule has 0 radical (unpaired) electrons. The maximum absolute atomic E-state index is 12.2. The van der Waals surface area contributed by atoms with Gasteiger partial charge in [-0.3, -0.25) is 9.78 Å². The third kappa shape index (κ3) is 5.04. The predicted octanol–water partition coefficient (Wildman–Crippen LogP) is 1.03. The van der Waals surface area contributed by atoms with Crippen LogP contribution < -0.4 is 9.46 Å². The molecule has 0 aliphatic rings. The van der Waals surface area contributed by atoms with Gasteiger partial charge in [0.25, 0.3) is 5.91 Å². The van der Waals surface area contributed by atoms with Gasteiger partial charge in [-0.15, -0.1) is 0 Å². The van der Waals surface area contributed by atoms with E-state index in [0.29, 0.717) is 5.75 Å². The van der Waals surface area contributed by atoms with Gasteiger partial charge in [-0.2, -0.15) is 0 Å². The summed E-state index contributed by atoms with van der Waals surface area (Å²) in [6, 6.07) is 9.38. The fourth-order valence-corrected chi connectivity index (χ4v) is 2.77. The first-order chi connectivity index (χ1) is 11.4. The van der Waals surface area contributed by atoms with Crippen molar-refractivity contribution in [2.45, 2.75) is 11.4 Å². The van der Waals surface area contributed by atoms with Gasteiger partial charge >= 0.3 is 0 Å². The Morgan fingerprint density at radius 2 is 1.75 bits per heavy atom. The number of carbonyl (C=O) groups is 1. The molecular weight excluding hydrogens is 330 g/mol. The first kappa shape index (κ1) is 17.9. The number of hydrogen-bond donors (Lipinski definition) is 1. The van der Waals surface area contributed by atoms with Crippen LogP contribution in [0.1, 0.15) is 5.56 Å². The average molecular weight is 349 g/mol. The number of aromatic nitrogens is 1. The molecule has 2 aromatic rings. The molecule has 2 rings (SSSR count). The van der Waals surface area contributed by atoms with Crippen LogP contribution in [0.2, 0.25) is 0 Å². The molecule has 24 heavy (non-hydrogen) atoms. The molecule has 0 saturated carbocycles. The Bertz CT molecular complexity index is 775.